The van der Waals surface area contributed by atoms with Crippen LogP contribution in [0.5, 0.6) is 0 Å². The number of hydrogen-bond donors (Lipinski definition) is 2. The number of fused-ring (bicyclic) bond motifs is 1. The van der Waals surface area contributed by atoms with Gasteiger partial charge in [-0.3, -0.25) is 4.90 Å². The third-order valence-electron chi connectivity index (χ3n) is 4.41. The zero-order valence-electron chi connectivity index (χ0n) is 11.7. The Bertz CT molecular complexity index is 558. The minimum absolute atomic E-state index is 0.557. The van der Waals surface area contributed by atoms with E-state index in [9.17, 15) is 0 Å². The summed E-state index contributed by atoms with van der Waals surface area (Å²) in [4.78, 5) is 6.05. The van der Waals surface area contributed by atoms with Crippen molar-refractivity contribution in [2.45, 2.75) is 38.8 Å². The van der Waals surface area contributed by atoms with Crippen LogP contribution in [0.2, 0.25) is 0 Å². The van der Waals surface area contributed by atoms with Crippen molar-refractivity contribution in [2.24, 2.45) is 5.73 Å². The van der Waals surface area contributed by atoms with Crippen LogP contribution >= 0.6 is 0 Å². The summed E-state index contributed by atoms with van der Waals surface area (Å²) in [6, 6.07) is 9.14. The molecule has 0 bridgehead atoms. The third-order valence-corrected chi connectivity index (χ3v) is 4.41. The fourth-order valence-electron chi connectivity index (χ4n) is 3.28. The molecule has 1 fully saturated rings. The van der Waals surface area contributed by atoms with Crippen molar-refractivity contribution >= 4 is 10.9 Å². The minimum atomic E-state index is 0.557. The van der Waals surface area contributed by atoms with Crippen molar-refractivity contribution in [1.82, 2.24) is 9.88 Å². The summed E-state index contributed by atoms with van der Waals surface area (Å²) in [6.45, 7) is 5.16. The molecule has 0 saturated carbocycles. The average Bonchev–Trinajstić information content (AvgIpc) is 2.76. The van der Waals surface area contributed by atoms with E-state index in [0.717, 1.165) is 13.1 Å². The van der Waals surface area contributed by atoms with Gasteiger partial charge in [0.25, 0.3) is 0 Å². The number of aromatic nitrogens is 1. The highest BCUT2D eigenvalue weighted by Crippen LogP contribution is 2.26. The predicted octanol–water partition coefficient (Wildman–Crippen LogP) is 2.79. The summed E-state index contributed by atoms with van der Waals surface area (Å²) < 4.78 is 0. The van der Waals surface area contributed by atoms with Crippen LogP contribution in [0.4, 0.5) is 0 Å². The number of nitrogens with zero attached hydrogens (tertiary/aromatic N) is 1. The summed E-state index contributed by atoms with van der Waals surface area (Å²) in [7, 11) is 0. The first-order valence-electron chi connectivity index (χ1n) is 7.30. The summed E-state index contributed by atoms with van der Waals surface area (Å²) in [5, 5.41) is 1.36. The Kier molecular flexibility index (Phi) is 3.58. The molecule has 1 aliphatic rings. The van der Waals surface area contributed by atoms with Crippen LogP contribution in [0.15, 0.2) is 24.3 Å². The highest BCUT2D eigenvalue weighted by atomic mass is 15.2. The second-order valence-electron chi connectivity index (χ2n) is 5.63. The summed E-state index contributed by atoms with van der Waals surface area (Å²) in [5.74, 6) is 0. The van der Waals surface area contributed by atoms with Crippen LogP contribution < -0.4 is 5.73 Å². The van der Waals surface area contributed by atoms with E-state index in [0.29, 0.717) is 6.04 Å². The number of para-hydroxylation sites is 1. The van der Waals surface area contributed by atoms with Gasteiger partial charge in [-0.1, -0.05) is 24.6 Å². The minimum Gasteiger partial charge on any atom is -0.358 e. The van der Waals surface area contributed by atoms with Gasteiger partial charge in [0.15, 0.2) is 0 Å². The number of nitrogens with two attached hydrogens (primary N) is 1. The number of benzene rings is 1. The second-order valence-corrected chi connectivity index (χ2v) is 5.63. The Morgan fingerprint density at radius 2 is 2.16 bits per heavy atom. The monoisotopic (exact) mass is 257 g/mol. The highest BCUT2D eigenvalue weighted by molar-refractivity contribution is 5.84. The van der Waals surface area contributed by atoms with Gasteiger partial charge in [-0.15, -0.1) is 0 Å². The summed E-state index contributed by atoms with van der Waals surface area (Å²) >= 11 is 0. The van der Waals surface area contributed by atoms with E-state index < -0.39 is 0 Å². The van der Waals surface area contributed by atoms with Gasteiger partial charge >= 0.3 is 0 Å². The summed E-state index contributed by atoms with van der Waals surface area (Å²) in [6.07, 6.45) is 3.88. The van der Waals surface area contributed by atoms with Crippen LogP contribution in [-0.4, -0.2) is 29.0 Å². The molecule has 0 spiro atoms. The Labute approximate surface area is 114 Å². The quantitative estimate of drug-likeness (QED) is 0.888. The van der Waals surface area contributed by atoms with E-state index in [2.05, 4.69) is 41.1 Å². The van der Waals surface area contributed by atoms with Crippen LogP contribution in [0.1, 0.15) is 30.5 Å². The topological polar surface area (TPSA) is 45.0 Å². The molecule has 1 aromatic carbocycles. The van der Waals surface area contributed by atoms with Crippen molar-refractivity contribution in [3.05, 3.63) is 35.5 Å². The third kappa shape index (κ3) is 2.40. The van der Waals surface area contributed by atoms with Gasteiger partial charge in [-0.25, -0.2) is 0 Å². The number of aromatic amines is 1. The van der Waals surface area contributed by atoms with Crippen LogP contribution in [-0.2, 0) is 6.54 Å². The van der Waals surface area contributed by atoms with Gasteiger partial charge in [0.1, 0.15) is 0 Å². The first-order chi connectivity index (χ1) is 9.29. The lowest BCUT2D eigenvalue weighted by molar-refractivity contribution is 0.145. The SMILES string of the molecule is Cc1[nH]c2ccccc2c1CN1CCCCC1CN. The largest absolute Gasteiger partial charge is 0.358 e. The van der Waals surface area contributed by atoms with Gasteiger partial charge in [-0.2, -0.15) is 0 Å². The lowest BCUT2D eigenvalue weighted by Crippen LogP contribution is -2.43. The molecule has 0 aliphatic carbocycles. The zero-order chi connectivity index (χ0) is 13.2. The summed E-state index contributed by atoms with van der Waals surface area (Å²) in [5.41, 5.74) is 9.91. The molecule has 19 heavy (non-hydrogen) atoms. The number of hydrogen-bond acceptors (Lipinski definition) is 2. The molecule has 1 atom stereocenters. The van der Waals surface area contributed by atoms with E-state index in [-0.39, 0.29) is 0 Å². The molecule has 2 aromatic rings. The predicted molar refractivity (Wildman–Crippen MR) is 80.1 cm³/mol. The molecular weight excluding hydrogens is 234 g/mol. The van der Waals surface area contributed by atoms with E-state index in [1.165, 1.54) is 48.0 Å². The second kappa shape index (κ2) is 5.35. The molecule has 3 heteroatoms. The maximum Gasteiger partial charge on any atom is 0.0459 e. The molecular formula is C16H23N3. The molecule has 0 amide bonds. The molecule has 1 aliphatic heterocycles. The molecule has 3 nitrogen and oxygen atoms in total. The maximum absolute atomic E-state index is 5.92. The molecule has 2 heterocycles. The Hall–Kier alpha value is -1.32. The normalized spacial score (nSPS) is 21.1. The average molecular weight is 257 g/mol. The number of piperidine rings is 1. The molecule has 1 unspecified atom stereocenters. The molecule has 3 rings (SSSR count). The van der Waals surface area contributed by atoms with Crippen molar-refractivity contribution in [3.63, 3.8) is 0 Å². The number of nitrogens with one attached hydrogen (secondary N) is 1. The van der Waals surface area contributed by atoms with Crippen molar-refractivity contribution in [1.29, 1.82) is 0 Å². The van der Waals surface area contributed by atoms with E-state index in [4.69, 9.17) is 5.73 Å². The smallest absolute Gasteiger partial charge is 0.0459 e. The van der Waals surface area contributed by atoms with Crippen molar-refractivity contribution in [3.8, 4) is 0 Å². The first kappa shape index (κ1) is 12.7. The fraction of sp³-hybridized carbons (Fsp3) is 0.500. The van der Waals surface area contributed by atoms with Gasteiger partial charge in [0, 0.05) is 35.7 Å². The van der Waals surface area contributed by atoms with Crippen LogP contribution in [0.25, 0.3) is 10.9 Å². The maximum atomic E-state index is 5.92. The van der Waals surface area contributed by atoms with Crippen molar-refractivity contribution < 1.29 is 0 Å². The Balaban J connectivity index is 1.90. The lowest BCUT2D eigenvalue weighted by atomic mass is 10.0. The number of likely N-dealkylation sites (tertiary alicyclic amines) is 1. The zero-order valence-corrected chi connectivity index (χ0v) is 11.7. The lowest BCUT2D eigenvalue weighted by Gasteiger charge is -2.35. The number of rotatable bonds is 3. The van der Waals surface area contributed by atoms with Gasteiger partial charge in [0.05, 0.1) is 0 Å². The van der Waals surface area contributed by atoms with E-state index in [1.54, 1.807) is 0 Å². The molecule has 102 valence electrons. The van der Waals surface area contributed by atoms with E-state index >= 15 is 0 Å². The highest BCUT2D eigenvalue weighted by Gasteiger charge is 2.22. The van der Waals surface area contributed by atoms with Crippen LogP contribution in [0, 0.1) is 6.92 Å². The first-order valence-corrected chi connectivity index (χ1v) is 7.30. The number of aryl methyl sites for hydroxylation is 1. The van der Waals surface area contributed by atoms with E-state index in [1.807, 2.05) is 0 Å². The standard InChI is InChI=1S/C16H23N3/c1-12-15(14-7-2-3-8-16(14)18-12)11-19-9-5-4-6-13(19)10-17/h2-3,7-8,13,18H,4-6,9-11,17H2,1H3. The van der Waals surface area contributed by atoms with Crippen molar-refractivity contribution in [2.75, 3.05) is 13.1 Å². The van der Waals surface area contributed by atoms with Crippen LogP contribution in [0.3, 0.4) is 0 Å². The fourth-order valence-corrected chi connectivity index (χ4v) is 3.28. The molecule has 0 radical (unpaired) electrons. The van der Waals surface area contributed by atoms with Gasteiger partial charge in [0.2, 0.25) is 0 Å². The number of H-pyrrole nitrogens is 1. The Morgan fingerprint density at radius 3 is 3.00 bits per heavy atom. The van der Waals surface area contributed by atoms with Gasteiger partial charge < -0.3 is 10.7 Å². The molecule has 3 N–H and O–H groups in total. The molecule has 1 aromatic heterocycles. The van der Waals surface area contributed by atoms with Gasteiger partial charge in [-0.05, 0) is 37.9 Å². The Morgan fingerprint density at radius 1 is 1.32 bits per heavy atom. The molecule has 1 saturated heterocycles.